The van der Waals surface area contributed by atoms with Crippen LogP contribution in [0.3, 0.4) is 0 Å². The van der Waals surface area contributed by atoms with E-state index in [4.69, 9.17) is 0 Å². The van der Waals surface area contributed by atoms with Crippen molar-refractivity contribution in [1.29, 1.82) is 0 Å². The van der Waals surface area contributed by atoms with E-state index in [-0.39, 0.29) is 24.3 Å². The van der Waals surface area contributed by atoms with E-state index in [1.165, 1.54) is 0 Å². The van der Waals surface area contributed by atoms with E-state index in [1.807, 2.05) is 13.8 Å². The number of rotatable bonds is 5. The van der Waals surface area contributed by atoms with Crippen LogP contribution < -0.4 is 16.0 Å². The molecule has 1 rings (SSSR count). The number of carbonyl (C=O) groups is 2. The summed E-state index contributed by atoms with van der Waals surface area (Å²) >= 11 is 0. The third kappa shape index (κ3) is 5.68. The van der Waals surface area contributed by atoms with Gasteiger partial charge in [0.15, 0.2) is 0 Å². The second-order valence-electron chi connectivity index (χ2n) is 4.96. The predicted octanol–water partition coefficient (Wildman–Crippen LogP) is -0.126. The van der Waals surface area contributed by atoms with Gasteiger partial charge in [0.2, 0.25) is 11.8 Å². The molecule has 0 aromatic carbocycles. The average molecular weight is 241 g/mol. The van der Waals surface area contributed by atoms with Crippen molar-refractivity contribution >= 4 is 11.8 Å². The van der Waals surface area contributed by atoms with Gasteiger partial charge in [-0.2, -0.15) is 0 Å². The number of hydrogen-bond donors (Lipinski definition) is 3. The van der Waals surface area contributed by atoms with Gasteiger partial charge in [0.1, 0.15) is 0 Å². The van der Waals surface area contributed by atoms with Gasteiger partial charge in [0.05, 0.1) is 12.5 Å². The summed E-state index contributed by atoms with van der Waals surface area (Å²) in [6.45, 7) is 6.51. The van der Waals surface area contributed by atoms with Crippen LogP contribution in [-0.4, -0.2) is 38.0 Å². The van der Waals surface area contributed by atoms with Crippen LogP contribution >= 0.6 is 0 Å². The zero-order chi connectivity index (χ0) is 12.7. The smallest absolute Gasteiger partial charge is 0.239 e. The summed E-state index contributed by atoms with van der Waals surface area (Å²) in [4.78, 5) is 23.1. The maximum absolute atomic E-state index is 11.7. The Morgan fingerprint density at radius 2 is 2.12 bits per heavy atom. The van der Waals surface area contributed by atoms with Gasteiger partial charge < -0.3 is 16.0 Å². The molecule has 1 saturated heterocycles. The lowest BCUT2D eigenvalue weighted by Gasteiger charge is -2.21. The standard InChI is InChI=1S/C12H23N3O2/c1-9(2)6-14-11(16)8-15-12(17)10-4-3-5-13-7-10/h9-10,13H,3-8H2,1-2H3,(H,14,16)(H,15,17)/t10-/m0/s1. The van der Waals surface area contributed by atoms with Crippen molar-refractivity contribution in [2.45, 2.75) is 26.7 Å². The minimum atomic E-state index is -0.115. The van der Waals surface area contributed by atoms with Crippen molar-refractivity contribution in [3.8, 4) is 0 Å². The molecule has 98 valence electrons. The van der Waals surface area contributed by atoms with Crippen molar-refractivity contribution in [2.24, 2.45) is 11.8 Å². The molecular formula is C12H23N3O2. The molecule has 0 aromatic heterocycles. The molecule has 1 atom stereocenters. The number of hydrogen-bond acceptors (Lipinski definition) is 3. The van der Waals surface area contributed by atoms with E-state index in [0.29, 0.717) is 12.5 Å². The Bertz CT molecular complexity index is 260. The highest BCUT2D eigenvalue weighted by Gasteiger charge is 2.20. The van der Waals surface area contributed by atoms with Crippen molar-refractivity contribution in [2.75, 3.05) is 26.2 Å². The third-order valence-corrected chi connectivity index (χ3v) is 2.80. The molecule has 1 aliphatic rings. The number of nitrogens with one attached hydrogen (secondary N) is 3. The minimum absolute atomic E-state index is 0.0154. The lowest BCUT2D eigenvalue weighted by molar-refractivity contribution is -0.129. The van der Waals surface area contributed by atoms with Crippen molar-refractivity contribution in [3.63, 3.8) is 0 Å². The van der Waals surface area contributed by atoms with Gasteiger partial charge in [0.25, 0.3) is 0 Å². The highest BCUT2D eigenvalue weighted by atomic mass is 16.2. The lowest BCUT2D eigenvalue weighted by Crippen LogP contribution is -2.44. The van der Waals surface area contributed by atoms with E-state index in [1.54, 1.807) is 0 Å². The van der Waals surface area contributed by atoms with Crippen LogP contribution in [0, 0.1) is 11.8 Å². The summed E-state index contributed by atoms with van der Waals surface area (Å²) in [5.74, 6) is 0.312. The molecule has 0 saturated carbocycles. The molecule has 0 unspecified atom stereocenters. The van der Waals surface area contributed by atoms with Gasteiger partial charge in [-0.15, -0.1) is 0 Å². The Labute approximate surface area is 103 Å². The maximum atomic E-state index is 11.7. The molecule has 5 nitrogen and oxygen atoms in total. The van der Waals surface area contributed by atoms with E-state index >= 15 is 0 Å². The zero-order valence-corrected chi connectivity index (χ0v) is 10.7. The highest BCUT2D eigenvalue weighted by Crippen LogP contribution is 2.09. The monoisotopic (exact) mass is 241 g/mol. The first-order valence-corrected chi connectivity index (χ1v) is 6.34. The van der Waals surface area contributed by atoms with Crippen molar-refractivity contribution < 1.29 is 9.59 Å². The van der Waals surface area contributed by atoms with Crippen molar-refractivity contribution in [3.05, 3.63) is 0 Å². The molecule has 1 heterocycles. The normalized spacial score (nSPS) is 20.1. The SMILES string of the molecule is CC(C)CNC(=O)CNC(=O)[C@H]1CCCNC1. The second kappa shape index (κ2) is 7.27. The molecule has 17 heavy (non-hydrogen) atoms. The first-order valence-electron chi connectivity index (χ1n) is 6.34. The molecule has 2 amide bonds. The fourth-order valence-corrected chi connectivity index (χ4v) is 1.77. The summed E-state index contributed by atoms with van der Waals surface area (Å²) in [6, 6.07) is 0. The second-order valence-corrected chi connectivity index (χ2v) is 4.96. The predicted molar refractivity (Wildman–Crippen MR) is 66.5 cm³/mol. The van der Waals surface area contributed by atoms with E-state index < -0.39 is 0 Å². The molecule has 0 aliphatic carbocycles. The number of carbonyl (C=O) groups excluding carboxylic acids is 2. The van der Waals surface area contributed by atoms with Crippen LogP contribution in [0.1, 0.15) is 26.7 Å². The van der Waals surface area contributed by atoms with Crippen LogP contribution in [0.5, 0.6) is 0 Å². The maximum Gasteiger partial charge on any atom is 0.239 e. The summed E-state index contributed by atoms with van der Waals surface area (Å²) in [5, 5.41) is 8.64. The summed E-state index contributed by atoms with van der Waals surface area (Å²) < 4.78 is 0. The van der Waals surface area contributed by atoms with Crippen molar-refractivity contribution in [1.82, 2.24) is 16.0 Å². The van der Waals surface area contributed by atoms with Gasteiger partial charge >= 0.3 is 0 Å². The van der Waals surface area contributed by atoms with Crippen LogP contribution in [0.15, 0.2) is 0 Å². The quantitative estimate of drug-likeness (QED) is 0.628. The Morgan fingerprint density at radius 1 is 1.35 bits per heavy atom. The van der Waals surface area contributed by atoms with Gasteiger partial charge in [-0.1, -0.05) is 13.8 Å². The van der Waals surface area contributed by atoms with E-state index in [0.717, 1.165) is 25.9 Å². The summed E-state index contributed by atoms with van der Waals surface area (Å²) in [5.41, 5.74) is 0. The molecule has 1 aliphatic heterocycles. The molecule has 0 aromatic rings. The van der Waals surface area contributed by atoms with Gasteiger partial charge in [-0.25, -0.2) is 0 Å². The molecule has 1 fully saturated rings. The molecule has 0 bridgehead atoms. The Morgan fingerprint density at radius 3 is 2.71 bits per heavy atom. The first-order chi connectivity index (χ1) is 8.09. The number of amides is 2. The first kappa shape index (κ1) is 14.0. The average Bonchev–Trinajstić information content (AvgIpc) is 2.34. The molecule has 0 radical (unpaired) electrons. The van der Waals surface area contributed by atoms with Gasteiger partial charge in [-0.05, 0) is 25.3 Å². The van der Waals surface area contributed by atoms with Gasteiger partial charge in [0, 0.05) is 13.1 Å². The Kier molecular flexibility index (Phi) is 5.97. The molecular weight excluding hydrogens is 218 g/mol. The largest absolute Gasteiger partial charge is 0.354 e. The van der Waals surface area contributed by atoms with Crippen LogP contribution in [-0.2, 0) is 9.59 Å². The Balaban J connectivity index is 2.16. The molecule has 3 N–H and O–H groups in total. The van der Waals surface area contributed by atoms with E-state index in [9.17, 15) is 9.59 Å². The fourth-order valence-electron chi connectivity index (χ4n) is 1.77. The Hall–Kier alpha value is -1.10. The van der Waals surface area contributed by atoms with Gasteiger partial charge in [-0.3, -0.25) is 9.59 Å². The molecule has 5 heteroatoms. The lowest BCUT2D eigenvalue weighted by atomic mass is 9.99. The van der Waals surface area contributed by atoms with Crippen LogP contribution in [0.4, 0.5) is 0 Å². The third-order valence-electron chi connectivity index (χ3n) is 2.80. The number of piperidine rings is 1. The molecule has 0 spiro atoms. The topological polar surface area (TPSA) is 70.2 Å². The summed E-state index contributed by atoms with van der Waals surface area (Å²) in [6.07, 6.45) is 1.93. The zero-order valence-electron chi connectivity index (χ0n) is 10.7. The fraction of sp³-hybridized carbons (Fsp3) is 0.833. The van der Waals surface area contributed by atoms with Crippen LogP contribution in [0.2, 0.25) is 0 Å². The highest BCUT2D eigenvalue weighted by molar-refractivity contribution is 5.85. The minimum Gasteiger partial charge on any atom is -0.354 e. The van der Waals surface area contributed by atoms with E-state index in [2.05, 4.69) is 16.0 Å². The summed E-state index contributed by atoms with van der Waals surface area (Å²) in [7, 11) is 0. The van der Waals surface area contributed by atoms with Crippen LogP contribution in [0.25, 0.3) is 0 Å².